The van der Waals surface area contributed by atoms with Gasteiger partial charge >= 0.3 is 0 Å². The van der Waals surface area contributed by atoms with Crippen molar-refractivity contribution in [1.82, 2.24) is 25.2 Å². The van der Waals surface area contributed by atoms with E-state index < -0.39 is 6.04 Å². The number of hydrogen-bond donors (Lipinski definition) is 2. The van der Waals surface area contributed by atoms with Crippen molar-refractivity contribution in [3.8, 4) is 5.75 Å². The molecule has 2 N–H and O–H groups in total. The molecule has 0 aliphatic carbocycles. The van der Waals surface area contributed by atoms with Gasteiger partial charge in [-0.1, -0.05) is 19.9 Å². The van der Waals surface area contributed by atoms with E-state index in [2.05, 4.69) is 20.8 Å². The predicted molar refractivity (Wildman–Crippen MR) is 109 cm³/mol. The van der Waals surface area contributed by atoms with E-state index in [1.165, 1.54) is 0 Å². The number of ether oxygens (including phenoxy) is 1. The van der Waals surface area contributed by atoms with E-state index in [1.807, 2.05) is 42.6 Å². The Bertz CT molecular complexity index is 981. The summed E-state index contributed by atoms with van der Waals surface area (Å²) < 4.78 is 6.99. The van der Waals surface area contributed by atoms with Crippen LogP contribution in [0.1, 0.15) is 30.0 Å². The van der Waals surface area contributed by atoms with Gasteiger partial charge in [0.25, 0.3) is 5.91 Å². The zero-order chi connectivity index (χ0) is 20.8. The Hall–Kier alpha value is -3.42. The summed E-state index contributed by atoms with van der Waals surface area (Å²) in [7, 11) is 1.57. The van der Waals surface area contributed by atoms with Gasteiger partial charge in [0.15, 0.2) is 5.65 Å². The number of rotatable bonds is 8. The molecule has 29 heavy (non-hydrogen) atoms. The number of amides is 2. The summed E-state index contributed by atoms with van der Waals surface area (Å²) in [6, 6.07) is 11.8. The summed E-state index contributed by atoms with van der Waals surface area (Å²) in [5.41, 5.74) is 1.24. The molecule has 152 valence electrons. The number of carbonyl (C=O) groups excluding carboxylic acids is 2. The Balaban J connectivity index is 1.58. The number of carbonyl (C=O) groups is 2. The average Bonchev–Trinajstić information content (AvgIpc) is 3.14. The fourth-order valence-electron chi connectivity index (χ4n) is 2.97. The minimum absolute atomic E-state index is 0.0638. The van der Waals surface area contributed by atoms with Gasteiger partial charge in [-0.3, -0.25) is 14.0 Å². The second-order valence-electron chi connectivity index (χ2n) is 7.01. The van der Waals surface area contributed by atoms with Gasteiger partial charge in [-0.05, 0) is 42.3 Å². The van der Waals surface area contributed by atoms with Crippen molar-refractivity contribution in [1.29, 1.82) is 0 Å². The van der Waals surface area contributed by atoms with Crippen LogP contribution in [0.15, 0.2) is 48.7 Å². The van der Waals surface area contributed by atoms with Crippen LogP contribution in [0, 0.1) is 5.92 Å². The molecule has 0 aliphatic rings. The van der Waals surface area contributed by atoms with Crippen LogP contribution in [0.4, 0.5) is 0 Å². The van der Waals surface area contributed by atoms with Gasteiger partial charge in [-0.15, -0.1) is 10.2 Å². The van der Waals surface area contributed by atoms with Crippen LogP contribution in [0.25, 0.3) is 5.65 Å². The minimum Gasteiger partial charge on any atom is -0.497 e. The van der Waals surface area contributed by atoms with Gasteiger partial charge in [0.05, 0.1) is 7.11 Å². The molecule has 0 fully saturated rings. The molecule has 2 heterocycles. The fraction of sp³-hybridized carbons (Fsp3) is 0.333. The summed E-state index contributed by atoms with van der Waals surface area (Å²) in [5.74, 6) is 0.844. The van der Waals surface area contributed by atoms with Crippen LogP contribution in [-0.2, 0) is 11.2 Å². The summed E-state index contributed by atoms with van der Waals surface area (Å²) in [4.78, 5) is 25.2. The summed E-state index contributed by atoms with van der Waals surface area (Å²) in [5, 5.41) is 14.0. The number of methoxy groups -OCH3 is 1. The molecule has 0 bridgehead atoms. The molecule has 3 rings (SSSR count). The Kier molecular flexibility index (Phi) is 6.43. The van der Waals surface area contributed by atoms with Gasteiger partial charge < -0.3 is 15.4 Å². The maximum atomic E-state index is 12.7. The monoisotopic (exact) mass is 395 g/mol. The molecule has 0 saturated heterocycles. The SMILES string of the molecule is COc1ccc(C(=O)NC(C(=O)NCCc2nnc3ccccn23)C(C)C)cc1. The number of hydrogen-bond acceptors (Lipinski definition) is 5. The Labute approximate surface area is 169 Å². The molecule has 1 aromatic carbocycles. The molecule has 0 aliphatic heterocycles. The molecule has 1 atom stereocenters. The van der Waals surface area contributed by atoms with Gasteiger partial charge in [-0.25, -0.2) is 0 Å². The highest BCUT2D eigenvalue weighted by atomic mass is 16.5. The van der Waals surface area contributed by atoms with Crippen molar-refractivity contribution in [2.75, 3.05) is 13.7 Å². The lowest BCUT2D eigenvalue weighted by Crippen LogP contribution is -2.50. The zero-order valence-corrected chi connectivity index (χ0v) is 16.8. The predicted octanol–water partition coefficient (Wildman–Crippen LogP) is 1.85. The molecule has 0 saturated carbocycles. The molecular weight excluding hydrogens is 370 g/mol. The number of benzene rings is 1. The van der Waals surface area contributed by atoms with Crippen LogP contribution in [0.2, 0.25) is 0 Å². The van der Waals surface area contributed by atoms with Crippen LogP contribution >= 0.6 is 0 Å². The molecule has 1 unspecified atom stereocenters. The van der Waals surface area contributed by atoms with E-state index in [1.54, 1.807) is 31.4 Å². The largest absolute Gasteiger partial charge is 0.497 e. The third-order valence-corrected chi connectivity index (χ3v) is 4.62. The zero-order valence-electron chi connectivity index (χ0n) is 16.8. The summed E-state index contributed by atoms with van der Waals surface area (Å²) in [6.07, 6.45) is 2.42. The second kappa shape index (κ2) is 9.18. The molecule has 2 amide bonds. The van der Waals surface area contributed by atoms with E-state index in [0.29, 0.717) is 24.3 Å². The van der Waals surface area contributed by atoms with Crippen molar-refractivity contribution >= 4 is 17.5 Å². The van der Waals surface area contributed by atoms with Gasteiger partial charge in [0.2, 0.25) is 5.91 Å². The topological polar surface area (TPSA) is 97.6 Å². The summed E-state index contributed by atoms with van der Waals surface area (Å²) in [6.45, 7) is 4.19. The quantitative estimate of drug-likeness (QED) is 0.607. The number of pyridine rings is 1. The highest BCUT2D eigenvalue weighted by Crippen LogP contribution is 2.12. The first kappa shape index (κ1) is 20.3. The first-order valence-corrected chi connectivity index (χ1v) is 9.51. The van der Waals surface area contributed by atoms with Crippen LogP contribution < -0.4 is 15.4 Å². The smallest absolute Gasteiger partial charge is 0.251 e. The van der Waals surface area contributed by atoms with Gasteiger partial charge in [0, 0.05) is 24.7 Å². The van der Waals surface area contributed by atoms with Gasteiger partial charge in [0.1, 0.15) is 17.6 Å². The van der Waals surface area contributed by atoms with Crippen LogP contribution in [0.3, 0.4) is 0 Å². The average molecular weight is 395 g/mol. The Morgan fingerprint density at radius 2 is 1.86 bits per heavy atom. The van der Waals surface area contributed by atoms with Crippen molar-refractivity contribution in [3.63, 3.8) is 0 Å². The van der Waals surface area contributed by atoms with Gasteiger partial charge in [-0.2, -0.15) is 0 Å². The molecule has 8 nitrogen and oxygen atoms in total. The highest BCUT2D eigenvalue weighted by Gasteiger charge is 2.24. The fourth-order valence-corrected chi connectivity index (χ4v) is 2.97. The standard InChI is InChI=1S/C21H25N5O3/c1-14(2)19(23-20(27)15-7-9-16(29-3)10-8-15)21(28)22-12-11-18-25-24-17-6-4-5-13-26(17)18/h4-10,13-14,19H,11-12H2,1-3H3,(H,22,28)(H,23,27). The molecular formula is C21H25N5O3. The lowest BCUT2D eigenvalue weighted by atomic mass is 10.0. The number of aromatic nitrogens is 3. The lowest BCUT2D eigenvalue weighted by Gasteiger charge is -2.21. The van der Waals surface area contributed by atoms with E-state index >= 15 is 0 Å². The Morgan fingerprint density at radius 3 is 2.55 bits per heavy atom. The van der Waals surface area contributed by atoms with Crippen molar-refractivity contribution in [2.45, 2.75) is 26.3 Å². The maximum absolute atomic E-state index is 12.7. The second-order valence-corrected chi connectivity index (χ2v) is 7.01. The number of nitrogens with one attached hydrogen (secondary N) is 2. The molecule has 8 heteroatoms. The number of nitrogens with zero attached hydrogens (tertiary/aromatic N) is 3. The Morgan fingerprint density at radius 1 is 1.10 bits per heavy atom. The van der Waals surface area contributed by atoms with Crippen LogP contribution in [-0.4, -0.2) is 46.1 Å². The highest BCUT2D eigenvalue weighted by molar-refractivity contribution is 5.97. The maximum Gasteiger partial charge on any atom is 0.251 e. The van der Waals surface area contributed by atoms with Crippen molar-refractivity contribution in [3.05, 3.63) is 60.0 Å². The summed E-state index contributed by atoms with van der Waals surface area (Å²) >= 11 is 0. The van der Waals surface area contributed by atoms with E-state index in [-0.39, 0.29) is 17.7 Å². The first-order valence-electron chi connectivity index (χ1n) is 9.51. The van der Waals surface area contributed by atoms with E-state index in [4.69, 9.17) is 4.74 Å². The van der Waals surface area contributed by atoms with Crippen LogP contribution in [0.5, 0.6) is 5.75 Å². The lowest BCUT2D eigenvalue weighted by molar-refractivity contribution is -0.123. The third-order valence-electron chi connectivity index (χ3n) is 4.62. The molecule has 0 spiro atoms. The molecule has 2 aromatic heterocycles. The number of fused-ring (bicyclic) bond motifs is 1. The van der Waals surface area contributed by atoms with Crippen molar-refractivity contribution in [2.24, 2.45) is 5.92 Å². The third kappa shape index (κ3) is 4.90. The van der Waals surface area contributed by atoms with Crippen molar-refractivity contribution < 1.29 is 14.3 Å². The van der Waals surface area contributed by atoms with E-state index in [9.17, 15) is 9.59 Å². The first-order chi connectivity index (χ1) is 14.0. The van der Waals surface area contributed by atoms with E-state index in [0.717, 1.165) is 11.5 Å². The normalized spacial score (nSPS) is 12.0. The molecule has 3 aromatic rings. The minimum atomic E-state index is -0.639. The molecule has 0 radical (unpaired) electrons.